The van der Waals surface area contributed by atoms with E-state index in [4.69, 9.17) is 10.00 Å². The quantitative estimate of drug-likeness (QED) is 0.729. The molecule has 0 radical (unpaired) electrons. The Hall–Kier alpha value is -1.53. The van der Waals surface area contributed by atoms with E-state index in [0.717, 1.165) is 44.7 Å². The van der Waals surface area contributed by atoms with Crippen LogP contribution >= 0.6 is 0 Å². The largest absolute Gasteiger partial charge is 0.494 e. The molecule has 0 N–H and O–H groups in total. The van der Waals surface area contributed by atoms with Gasteiger partial charge >= 0.3 is 0 Å². The van der Waals surface area contributed by atoms with Crippen molar-refractivity contribution in [1.82, 2.24) is 4.90 Å². The summed E-state index contributed by atoms with van der Waals surface area (Å²) in [6.45, 7) is 2.74. The lowest BCUT2D eigenvalue weighted by molar-refractivity contribution is 0.244. The van der Waals surface area contributed by atoms with E-state index in [1.807, 2.05) is 30.3 Å². The summed E-state index contributed by atoms with van der Waals surface area (Å²) >= 11 is 0. The maximum absolute atomic E-state index is 8.95. The lowest BCUT2D eigenvalue weighted by Gasteiger charge is -2.18. The van der Waals surface area contributed by atoms with Crippen LogP contribution in [0.1, 0.15) is 19.3 Å². The van der Waals surface area contributed by atoms with Crippen LogP contribution in [0.3, 0.4) is 0 Å². The zero-order chi connectivity index (χ0) is 11.9. The van der Waals surface area contributed by atoms with Gasteiger partial charge in [-0.1, -0.05) is 18.2 Å². The lowest BCUT2D eigenvalue weighted by Crippen LogP contribution is -2.29. The molecule has 2 rings (SSSR count). The first-order chi connectivity index (χ1) is 8.40. The van der Waals surface area contributed by atoms with Gasteiger partial charge in [-0.25, -0.2) is 0 Å². The molecule has 1 unspecified atom stereocenters. The molecule has 0 bridgehead atoms. The van der Waals surface area contributed by atoms with Crippen LogP contribution in [0, 0.1) is 11.3 Å². The van der Waals surface area contributed by atoms with Gasteiger partial charge in [0.2, 0.25) is 0 Å². The summed E-state index contributed by atoms with van der Waals surface area (Å²) in [4.78, 5) is 2.26. The van der Waals surface area contributed by atoms with Crippen LogP contribution in [0.25, 0.3) is 0 Å². The number of hydrogen-bond donors (Lipinski definition) is 0. The van der Waals surface area contributed by atoms with E-state index >= 15 is 0 Å². The molecule has 0 saturated carbocycles. The van der Waals surface area contributed by atoms with Gasteiger partial charge in [0.25, 0.3) is 0 Å². The van der Waals surface area contributed by atoms with E-state index < -0.39 is 0 Å². The highest BCUT2D eigenvalue weighted by Crippen LogP contribution is 2.16. The average Bonchev–Trinajstić information content (AvgIpc) is 2.83. The van der Waals surface area contributed by atoms with Crippen molar-refractivity contribution in [2.75, 3.05) is 19.7 Å². The van der Waals surface area contributed by atoms with Gasteiger partial charge < -0.3 is 4.74 Å². The first-order valence-corrected chi connectivity index (χ1v) is 6.21. The van der Waals surface area contributed by atoms with Crippen LogP contribution in [0.4, 0.5) is 0 Å². The van der Waals surface area contributed by atoms with Crippen molar-refractivity contribution in [3.8, 4) is 11.8 Å². The number of para-hydroxylation sites is 1. The number of ether oxygens (including phenoxy) is 1. The van der Waals surface area contributed by atoms with Gasteiger partial charge in [-0.2, -0.15) is 5.26 Å². The fraction of sp³-hybridized carbons (Fsp3) is 0.500. The molecule has 0 amide bonds. The van der Waals surface area contributed by atoms with Crippen molar-refractivity contribution in [1.29, 1.82) is 5.26 Å². The number of nitrogens with zero attached hydrogens (tertiary/aromatic N) is 2. The molecule has 1 aromatic carbocycles. The van der Waals surface area contributed by atoms with Gasteiger partial charge in [0, 0.05) is 6.54 Å². The summed E-state index contributed by atoms with van der Waals surface area (Å²) in [5.41, 5.74) is 0. The third kappa shape index (κ3) is 3.47. The minimum Gasteiger partial charge on any atom is -0.494 e. The Morgan fingerprint density at radius 3 is 2.94 bits per heavy atom. The topological polar surface area (TPSA) is 36.3 Å². The number of rotatable bonds is 5. The maximum Gasteiger partial charge on any atom is 0.119 e. The van der Waals surface area contributed by atoms with Gasteiger partial charge in [-0.3, -0.25) is 4.90 Å². The fourth-order valence-corrected chi connectivity index (χ4v) is 2.21. The predicted octanol–water partition coefficient (Wildman–Crippen LogP) is 2.44. The monoisotopic (exact) mass is 230 g/mol. The third-order valence-corrected chi connectivity index (χ3v) is 3.11. The normalized spacial score (nSPS) is 20.1. The number of hydrogen-bond acceptors (Lipinski definition) is 3. The Morgan fingerprint density at radius 2 is 2.18 bits per heavy atom. The molecule has 0 aliphatic carbocycles. The summed E-state index contributed by atoms with van der Waals surface area (Å²) in [5, 5.41) is 8.95. The molecule has 1 heterocycles. The molecule has 0 aromatic heterocycles. The van der Waals surface area contributed by atoms with Crippen LogP contribution in [-0.2, 0) is 0 Å². The van der Waals surface area contributed by atoms with Crippen LogP contribution in [0.15, 0.2) is 30.3 Å². The summed E-state index contributed by atoms with van der Waals surface area (Å²) < 4.78 is 5.63. The Labute approximate surface area is 103 Å². The first kappa shape index (κ1) is 11.9. The van der Waals surface area contributed by atoms with Crippen molar-refractivity contribution in [3.63, 3.8) is 0 Å². The number of likely N-dealkylation sites (tertiary alicyclic amines) is 1. The van der Waals surface area contributed by atoms with Gasteiger partial charge in [-0.05, 0) is 37.9 Å². The van der Waals surface area contributed by atoms with Crippen LogP contribution < -0.4 is 4.74 Å². The molecule has 1 aliphatic heterocycles. The highest BCUT2D eigenvalue weighted by molar-refractivity contribution is 5.20. The van der Waals surface area contributed by atoms with Crippen molar-refractivity contribution < 1.29 is 4.74 Å². The lowest BCUT2D eigenvalue weighted by atomic mass is 10.2. The van der Waals surface area contributed by atoms with Crippen molar-refractivity contribution in [2.24, 2.45) is 0 Å². The zero-order valence-corrected chi connectivity index (χ0v) is 10.0. The van der Waals surface area contributed by atoms with E-state index in [0.29, 0.717) is 0 Å². The standard InChI is InChI=1S/C14H18N2O/c15-12-13-6-4-9-16(13)10-5-11-17-14-7-2-1-3-8-14/h1-3,7-8,13H,4-6,9-11H2. The van der Waals surface area contributed by atoms with Gasteiger partial charge in [0.15, 0.2) is 0 Å². The Kier molecular flexibility index (Phi) is 4.40. The number of benzene rings is 1. The molecule has 17 heavy (non-hydrogen) atoms. The summed E-state index contributed by atoms with van der Waals surface area (Å²) in [5.74, 6) is 0.922. The third-order valence-electron chi connectivity index (χ3n) is 3.11. The molecule has 1 atom stereocenters. The molecule has 1 aromatic rings. The van der Waals surface area contributed by atoms with E-state index in [9.17, 15) is 0 Å². The molecule has 3 heteroatoms. The SMILES string of the molecule is N#CC1CCCN1CCCOc1ccccc1. The molecule has 1 aliphatic rings. The van der Waals surface area contributed by atoms with Gasteiger partial charge in [0.05, 0.1) is 18.7 Å². The molecular weight excluding hydrogens is 212 g/mol. The fourth-order valence-electron chi connectivity index (χ4n) is 2.21. The molecule has 1 saturated heterocycles. The highest BCUT2D eigenvalue weighted by atomic mass is 16.5. The Balaban J connectivity index is 1.65. The summed E-state index contributed by atoms with van der Waals surface area (Å²) in [6, 6.07) is 12.3. The summed E-state index contributed by atoms with van der Waals surface area (Å²) in [7, 11) is 0. The smallest absolute Gasteiger partial charge is 0.119 e. The van der Waals surface area contributed by atoms with E-state index in [1.54, 1.807) is 0 Å². The van der Waals surface area contributed by atoms with Gasteiger partial charge in [0.1, 0.15) is 5.75 Å². The second-order valence-electron chi connectivity index (χ2n) is 4.34. The second kappa shape index (κ2) is 6.27. The Bertz CT molecular complexity index is 372. The minimum atomic E-state index is 0.131. The van der Waals surface area contributed by atoms with Crippen molar-refractivity contribution in [3.05, 3.63) is 30.3 Å². The van der Waals surface area contributed by atoms with Crippen molar-refractivity contribution in [2.45, 2.75) is 25.3 Å². The summed E-state index contributed by atoms with van der Waals surface area (Å²) in [6.07, 6.45) is 3.15. The van der Waals surface area contributed by atoms with Gasteiger partial charge in [-0.15, -0.1) is 0 Å². The first-order valence-electron chi connectivity index (χ1n) is 6.21. The average molecular weight is 230 g/mol. The molecule has 90 valence electrons. The minimum absolute atomic E-state index is 0.131. The van der Waals surface area contributed by atoms with E-state index in [1.165, 1.54) is 0 Å². The number of nitriles is 1. The molecular formula is C14H18N2O. The maximum atomic E-state index is 8.95. The van der Waals surface area contributed by atoms with Crippen molar-refractivity contribution >= 4 is 0 Å². The predicted molar refractivity (Wildman–Crippen MR) is 66.8 cm³/mol. The second-order valence-corrected chi connectivity index (χ2v) is 4.34. The van der Waals surface area contributed by atoms with Crippen LogP contribution in [-0.4, -0.2) is 30.6 Å². The zero-order valence-electron chi connectivity index (χ0n) is 10.0. The van der Waals surface area contributed by atoms with Crippen LogP contribution in [0.5, 0.6) is 5.75 Å². The highest BCUT2D eigenvalue weighted by Gasteiger charge is 2.22. The molecule has 0 spiro atoms. The van der Waals surface area contributed by atoms with E-state index in [-0.39, 0.29) is 6.04 Å². The van der Waals surface area contributed by atoms with E-state index in [2.05, 4.69) is 11.0 Å². The molecule has 1 fully saturated rings. The molecule has 3 nitrogen and oxygen atoms in total. The Morgan fingerprint density at radius 1 is 1.35 bits per heavy atom. The van der Waals surface area contributed by atoms with Crippen LogP contribution in [0.2, 0.25) is 0 Å².